The maximum Gasteiger partial charge on any atom is 0.244 e. The fraction of sp³-hybridized carbons (Fsp3) is 0.545. The van der Waals surface area contributed by atoms with Crippen molar-refractivity contribution in [3.63, 3.8) is 0 Å². The van der Waals surface area contributed by atoms with E-state index in [1.54, 1.807) is 11.0 Å². The van der Waals surface area contributed by atoms with E-state index in [1.807, 2.05) is 0 Å². The van der Waals surface area contributed by atoms with Crippen LogP contribution in [0, 0.1) is 0 Å². The van der Waals surface area contributed by atoms with Crippen molar-refractivity contribution in [3.8, 4) is 0 Å². The summed E-state index contributed by atoms with van der Waals surface area (Å²) in [6.45, 7) is 0.571. The number of sulfonamides is 1. The van der Waals surface area contributed by atoms with E-state index in [4.69, 9.17) is 0 Å². The van der Waals surface area contributed by atoms with Gasteiger partial charge in [-0.1, -0.05) is 0 Å². The highest BCUT2D eigenvalue weighted by atomic mass is 32.2. The molecule has 0 aromatic carbocycles. The first-order valence-electron chi connectivity index (χ1n) is 5.82. The summed E-state index contributed by atoms with van der Waals surface area (Å²) in [7, 11) is -0.576. The Bertz CT molecular complexity index is 534. The molecule has 2 N–H and O–H groups in total. The number of hydrogen-bond donors (Lipinski definition) is 2. The Morgan fingerprint density at radius 2 is 1.84 bits per heavy atom. The standard InChI is InChI=1S/C11H17N3O4S/c1-13(2)19(17,18)8-3-4-11(12-5-8)14-6-9(15)10(16)7-14/h3-5,9-10,15-16H,6-7H2,1-2H3. The molecule has 0 radical (unpaired) electrons. The molecular formula is C11H17N3O4S. The number of rotatable bonds is 3. The summed E-state index contributed by atoms with van der Waals surface area (Å²) in [6.07, 6.45) is -0.319. The second kappa shape index (κ2) is 5.04. The number of aliphatic hydroxyl groups is 2. The SMILES string of the molecule is CN(C)S(=O)(=O)c1ccc(N2CC(O)C(O)C2)nc1. The van der Waals surface area contributed by atoms with Crippen molar-refractivity contribution in [2.75, 3.05) is 32.1 Å². The summed E-state index contributed by atoms with van der Waals surface area (Å²) in [4.78, 5) is 5.90. The molecule has 0 bridgehead atoms. The lowest BCUT2D eigenvalue weighted by molar-refractivity contribution is 0.0572. The third-order valence-electron chi connectivity index (χ3n) is 3.08. The number of pyridine rings is 1. The molecule has 1 aromatic heterocycles. The highest BCUT2D eigenvalue weighted by molar-refractivity contribution is 7.89. The molecule has 0 amide bonds. The van der Waals surface area contributed by atoms with E-state index < -0.39 is 22.2 Å². The van der Waals surface area contributed by atoms with Crippen LogP contribution in [0.2, 0.25) is 0 Å². The highest BCUT2D eigenvalue weighted by Crippen LogP contribution is 2.20. The van der Waals surface area contributed by atoms with Gasteiger partial charge in [0.05, 0.1) is 12.2 Å². The van der Waals surface area contributed by atoms with Gasteiger partial charge in [0.15, 0.2) is 0 Å². The molecule has 0 aliphatic carbocycles. The van der Waals surface area contributed by atoms with Crippen LogP contribution in [0.25, 0.3) is 0 Å². The number of aromatic nitrogens is 1. The summed E-state index contributed by atoms with van der Waals surface area (Å²) < 4.78 is 24.8. The van der Waals surface area contributed by atoms with E-state index in [9.17, 15) is 18.6 Å². The van der Waals surface area contributed by atoms with Gasteiger partial charge >= 0.3 is 0 Å². The lowest BCUT2D eigenvalue weighted by atomic mass is 10.3. The minimum atomic E-state index is -3.49. The quantitative estimate of drug-likeness (QED) is 0.731. The highest BCUT2D eigenvalue weighted by Gasteiger charge is 2.30. The molecule has 1 fully saturated rings. The predicted molar refractivity (Wildman–Crippen MR) is 69.3 cm³/mol. The normalized spacial score (nSPS) is 24.2. The van der Waals surface area contributed by atoms with Gasteiger partial charge in [0.2, 0.25) is 10.0 Å². The van der Waals surface area contributed by atoms with Crippen molar-refractivity contribution < 1.29 is 18.6 Å². The number of β-amino-alcohol motifs (C(OH)–C–C–N with tert-alkyl or cyclic N) is 2. The fourth-order valence-electron chi connectivity index (χ4n) is 1.88. The van der Waals surface area contributed by atoms with Crippen LogP contribution in [0.5, 0.6) is 0 Å². The summed E-state index contributed by atoms with van der Waals surface area (Å²) in [5.41, 5.74) is 0. The molecule has 106 valence electrons. The zero-order valence-electron chi connectivity index (χ0n) is 10.8. The van der Waals surface area contributed by atoms with E-state index in [2.05, 4.69) is 4.98 Å². The van der Waals surface area contributed by atoms with Crippen molar-refractivity contribution in [2.24, 2.45) is 0 Å². The van der Waals surface area contributed by atoms with Crippen molar-refractivity contribution in [2.45, 2.75) is 17.1 Å². The van der Waals surface area contributed by atoms with Crippen LogP contribution in [0.15, 0.2) is 23.2 Å². The fourth-order valence-corrected chi connectivity index (χ4v) is 2.73. The maximum absolute atomic E-state index is 11.9. The smallest absolute Gasteiger partial charge is 0.244 e. The summed E-state index contributed by atoms with van der Waals surface area (Å²) >= 11 is 0. The van der Waals surface area contributed by atoms with Gasteiger partial charge in [0, 0.05) is 33.4 Å². The molecule has 2 atom stereocenters. The first-order chi connectivity index (χ1) is 8.82. The molecule has 2 unspecified atom stereocenters. The van der Waals surface area contributed by atoms with E-state index in [0.717, 1.165) is 4.31 Å². The van der Waals surface area contributed by atoms with Gasteiger partial charge in [-0.15, -0.1) is 0 Å². The molecule has 19 heavy (non-hydrogen) atoms. The molecular weight excluding hydrogens is 270 g/mol. The zero-order chi connectivity index (χ0) is 14.2. The van der Waals surface area contributed by atoms with Crippen molar-refractivity contribution in [1.29, 1.82) is 0 Å². The van der Waals surface area contributed by atoms with Gasteiger partial charge in [-0.3, -0.25) is 0 Å². The Kier molecular flexibility index (Phi) is 3.77. The van der Waals surface area contributed by atoms with Gasteiger partial charge in [0.25, 0.3) is 0 Å². The number of hydrogen-bond acceptors (Lipinski definition) is 6. The lowest BCUT2D eigenvalue weighted by Gasteiger charge is -2.17. The van der Waals surface area contributed by atoms with E-state index in [1.165, 1.54) is 26.4 Å². The van der Waals surface area contributed by atoms with Crippen LogP contribution in [0.3, 0.4) is 0 Å². The van der Waals surface area contributed by atoms with Gasteiger partial charge in [-0.2, -0.15) is 0 Å². The van der Waals surface area contributed by atoms with Crippen molar-refractivity contribution in [1.82, 2.24) is 9.29 Å². The lowest BCUT2D eigenvalue weighted by Crippen LogP contribution is -2.24. The summed E-state index contributed by atoms with van der Waals surface area (Å²) in [5, 5.41) is 18.9. The van der Waals surface area contributed by atoms with Crippen LogP contribution < -0.4 is 4.90 Å². The summed E-state index contributed by atoms with van der Waals surface area (Å²) in [5.74, 6) is 0.535. The molecule has 1 aliphatic heterocycles. The largest absolute Gasteiger partial charge is 0.389 e. The van der Waals surface area contributed by atoms with E-state index >= 15 is 0 Å². The van der Waals surface area contributed by atoms with Crippen molar-refractivity contribution >= 4 is 15.8 Å². The van der Waals surface area contributed by atoms with Gasteiger partial charge in [-0.05, 0) is 12.1 Å². The predicted octanol–water partition coefficient (Wildman–Crippen LogP) is -1.13. The van der Waals surface area contributed by atoms with Crippen LogP contribution in [0.4, 0.5) is 5.82 Å². The second-order valence-corrected chi connectivity index (χ2v) is 6.83. The Balaban J connectivity index is 2.20. The summed E-state index contributed by atoms with van der Waals surface area (Å²) in [6, 6.07) is 3.04. The first-order valence-corrected chi connectivity index (χ1v) is 7.26. The molecule has 2 heterocycles. The minimum Gasteiger partial charge on any atom is -0.389 e. The van der Waals surface area contributed by atoms with Crippen LogP contribution in [0.1, 0.15) is 0 Å². The molecule has 2 rings (SSSR count). The molecule has 0 spiro atoms. The molecule has 1 saturated heterocycles. The van der Waals surface area contributed by atoms with Crippen molar-refractivity contribution in [3.05, 3.63) is 18.3 Å². The first kappa shape index (κ1) is 14.2. The minimum absolute atomic E-state index is 0.113. The molecule has 0 saturated carbocycles. The Hall–Kier alpha value is -1.22. The average molecular weight is 287 g/mol. The van der Waals surface area contributed by atoms with E-state index in [-0.39, 0.29) is 18.0 Å². The average Bonchev–Trinajstić information content (AvgIpc) is 2.69. The van der Waals surface area contributed by atoms with Crippen LogP contribution in [-0.4, -0.2) is 67.3 Å². The Morgan fingerprint density at radius 1 is 1.26 bits per heavy atom. The Morgan fingerprint density at radius 3 is 2.26 bits per heavy atom. The molecule has 1 aliphatic rings. The van der Waals surface area contributed by atoms with Gasteiger partial charge < -0.3 is 15.1 Å². The monoisotopic (exact) mass is 287 g/mol. The van der Waals surface area contributed by atoms with Gasteiger partial charge in [0.1, 0.15) is 10.7 Å². The van der Waals surface area contributed by atoms with Crippen LogP contribution in [-0.2, 0) is 10.0 Å². The number of nitrogens with zero attached hydrogens (tertiary/aromatic N) is 3. The third-order valence-corrected chi connectivity index (χ3v) is 4.88. The van der Waals surface area contributed by atoms with E-state index in [0.29, 0.717) is 5.82 Å². The molecule has 8 heteroatoms. The number of anilines is 1. The Labute approximate surface area is 112 Å². The maximum atomic E-state index is 11.9. The van der Waals surface area contributed by atoms with Crippen LogP contribution >= 0.6 is 0 Å². The molecule has 1 aromatic rings. The third kappa shape index (κ3) is 2.71. The zero-order valence-corrected chi connectivity index (χ0v) is 11.6. The van der Waals surface area contributed by atoms with Gasteiger partial charge in [-0.25, -0.2) is 17.7 Å². The molecule has 7 nitrogen and oxygen atoms in total. The number of aliphatic hydroxyl groups excluding tert-OH is 2. The second-order valence-electron chi connectivity index (χ2n) is 4.68. The topological polar surface area (TPSA) is 94.0 Å².